The summed E-state index contributed by atoms with van der Waals surface area (Å²) >= 11 is 7.31. The van der Waals surface area contributed by atoms with Crippen LogP contribution >= 0.6 is 23.4 Å². The molecule has 8 heteroatoms. The smallest absolute Gasteiger partial charge is 0.252 e. The molecular formula is C18H18ClN5OS. The summed E-state index contributed by atoms with van der Waals surface area (Å²) in [5, 5.41) is 7.96. The summed E-state index contributed by atoms with van der Waals surface area (Å²) in [6.45, 7) is 5.66. The van der Waals surface area contributed by atoms with Crippen molar-refractivity contribution in [2.24, 2.45) is 0 Å². The first-order valence-electron chi connectivity index (χ1n) is 7.98. The van der Waals surface area contributed by atoms with Gasteiger partial charge in [0.1, 0.15) is 5.82 Å². The van der Waals surface area contributed by atoms with Crippen LogP contribution in [0, 0.1) is 20.8 Å². The second kappa shape index (κ2) is 7.88. The van der Waals surface area contributed by atoms with Crippen molar-refractivity contribution in [2.45, 2.75) is 25.7 Å². The number of thioether (sulfide) groups is 1. The van der Waals surface area contributed by atoms with E-state index in [1.807, 2.05) is 39.0 Å². The van der Waals surface area contributed by atoms with Crippen LogP contribution in [0.25, 0.3) is 5.95 Å². The van der Waals surface area contributed by atoms with Gasteiger partial charge in [0.15, 0.2) is 0 Å². The van der Waals surface area contributed by atoms with E-state index in [-0.39, 0.29) is 11.7 Å². The van der Waals surface area contributed by atoms with Crippen molar-refractivity contribution in [3.8, 4) is 5.95 Å². The second-order valence-corrected chi connectivity index (χ2v) is 7.31. The van der Waals surface area contributed by atoms with Gasteiger partial charge in [0.2, 0.25) is 5.91 Å². The highest BCUT2D eigenvalue weighted by Gasteiger charge is 2.14. The van der Waals surface area contributed by atoms with Gasteiger partial charge in [-0.05, 0) is 51.1 Å². The predicted octanol–water partition coefficient (Wildman–Crippen LogP) is 3.97. The van der Waals surface area contributed by atoms with E-state index in [9.17, 15) is 4.79 Å². The molecule has 134 valence electrons. The maximum atomic E-state index is 12.3. The van der Waals surface area contributed by atoms with Crippen LogP contribution < -0.4 is 5.32 Å². The van der Waals surface area contributed by atoms with Gasteiger partial charge < -0.3 is 5.32 Å². The van der Waals surface area contributed by atoms with Crippen LogP contribution in [0.3, 0.4) is 0 Å². The normalized spacial score (nSPS) is 10.8. The zero-order valence-electron chi connectivity index (χ0n) is 14.7. The quantitative estimate of drug-likeness (QED) is 0.670. The molecule has 2 heterocycles. The molecule has 0 radical (unpaired) electrons. The molecule has 0 aliphatic heterocycles. The molecule has 1 amide bonds. The minimum Gasteiger partial charge on any atom is -0.310 e. The molecule has 0 fully saturated rings. The van der Waals surface area contributed by atoms with E-state index < -0.39 is 0 Å². The van der Waals surface area contributed by atoms with E-state index in [0.717, 1.165) is 22.0 Å². The van der Waals surface area contributed by atoms with Gasteiger partial charge in [-0.1, -0.05) is 11.6 Å². The molecule has 0 atom stereocenters. The SMILES string of the molecule is Cc1cc(C)nc(-n2nc(C)cc2NC(=O)CSc2ccc(Cl)cc2)n1. The Balaban J connectivity index is 1.73. The predicted molar refractivity (Wildman–Crippen MR) is 104 cm³/mol. The van der Waals surface area contributed by atoms with Crippen LogP contribution in [0.1, 0.15) is 17.1 Å². The van der Waals surface area contributed by atoms with Crippen molar-refractivity contribution < 1.29 is 4.79 Å². The van der Waals surface area contributed by atoms with Crippen LogP contribution in [-0.2, 0) is 4.79 Å². The first-order valence-corrected chi connectivity index (χ1v) is 9.34. The Kier molecular flexibility index (Phi) is 5.58. The number of nitrogens with zero attached hydrogens (tertiary/aromatic N) is 4. The fourth-order valence-electron chi connectivity index (χ4n) is 2.40. The van der Waals surface area contributed by atoms with E-state index >= 15 is 0 Å². The Hall–Kier alpha value is -2.38. The number of halogens is 1. The average molecular weight is 388 g/mol. The number of aromatic nitrogens is 4. The molecule has 0 bridgehead atoms. The number of carbonyl (C=O) groups is 1. The van der Waals surface area contributed by atoms with Crippen molar-refractivity contribution in [2.75, 3.05) is 11.1 Å². The monoisotopic (exact) mass is 387 g/mol. The van der Waals surface area contributed by atoms with Crippen LogP contribution in [0.5, 0.6) is 0 Å². The summed E-state index contributed by atoms with van der Waals surface area (Å²) in [6, 6.07) is 11.1. The van der Waals surface area contributed by atoms with Crippen molar-refractivity contribution in [3.05, 3.63) is 58.5 Å². The van der Waals surface area contributed by atoms with E-state index in [1.54, 1.807) is 22.9 Å². The molecule has 2 aromatic heterocycles. The van der Waals surface area contributed by atoms with Crippen LogP contribution in [-0.4, -0.2) is 31.4 Å². The summed E-state index contributed by atoms with van der Waals surface area (Å²) in [6.07, 6.45) is 0. The number of hydrogen-bond acceptors (Lipinski definition) is 5. The van der Waals surface area contributed by atoms with Crippen molar-refractivity contribution in [1.82, 2.24) is 19.7 Å². The maximum absolute atomic E-state index is 12.3. The lowest BCUT2D eigenvalue weighted by Crippen LogP contribution is -2.18. The number of hydrogen-bond donors (Lipinski definition) is 1. The molecule has 6 nitrogen and oxygen atoms in total. The molecule has 0 spiro atoms. The van der Waals surface area contributed by atoms with E-state index in [4.69, 9.17) is 11.6 Å². The Morgan fingerprint density at radius 3 is 2.38 bits per heavy atom. The average Bonchev–Trinajstić information content (AvgIpc) is 2.94. The van der Waals surface area contributed by atoms with Crippen LogP contribution in [0.15, 0.2) is 41.3 Å². The Morgan fingerprint density at radius 2 is 1.73 bits per heavy atom. The van der Waals surface area contributed by atoms with E-state index in [2.05, 4.69) is 20.4 Å². The number of nitrogens with one attached hydrogen (secondary N) is 1. The number of rotatable bonds is 5. The highest BCUT2D eigenvalue weighted by molar-refractivity contribution is 8.00. The number of benzene rings is 1. The topological polar surface area (TPSA) is 72.7 Å². The molecule has 3 rings (SSSR count). The molecule has 0 saturated carbocycles. The van der Waals surface area contributed by atoms with Gasteiger partial charge in [-0.2, -0.15) is 9.78 Å². The third-order valence-electron chi connectivity index (χ3n) is 3.44. The number of aryl methyl sites for hydroxylation is 3. The highest BCUT2D eigenvalue weighted by atomic mass is 35.5. The number of anilines is 1. The van der Waals surface area contributed by atoms with Gasteiger partial charge in [-0.15, -0.1) is 11.8 Å². The molecular weight excluding hydrogens is 370 g/mol. The molecule has 3 aromatic rings. The fourth-order valence-corrected chi connectivity index (χ4v) is 3.23. The lowest BCUT2D eigenvalue weighted by Gasteiger charge is -2.09. The molecule has 1 N–H and O–H groups in total. The summed E-state index contributed by atoms with van der Waals surface area (Å²) in [4.78, 5) is 22.1. The Labute approximate surface area is 161 Å². The zero-order chi connectivity index (χ0) is 18.7. The first-order chi connectivity index (χ1) is 12.4. The number of carbonyl (C=O) groups excluding carboxylic acids is 1. The standard InChI is InChI=1S/C18H18ClN5OS/c1-11-8-12(2)21-18(20-11)24-16(9-13(3)23-24)22-17(25)10-26-15-6-4-14(19)5-7-15/h4-9H,10H2,1-3H3,(H,22,25). The van der Waals surface area contributed by atoms with E-state index in [0.29, 0.717) is 16.8 Å². The fraction of sp³-hybridized carbons (Fsp3) is 0.222. The van der Waals surface area contributed by atoms with Gasteiger partial charge in [-0.3, -0.25) is 4.79 Å². The minimum atomic E-state index is -0.129. The Morgan fingerprint density at radius 1 is 1.08 bits per heavy atom. The zero-order valence-corrected chi connectivity index (χ0v) is 16.2. The third kappa shape index (κ3) is 4.62. The molecule has 26 heavy (non-hydrogen) atoms. The lowest BCUT2D eigenvalue weighted by atomic mass is 10.4. The molecule has 0 saturated heterocycles. The van der Waals surface area contributed by atoms with E-state index in [1.165, 1.54) is 11.8 Å². The van der Waals surface area contributed by atoms with Crippen LogP contribution in [0.2, 0.25) is 5.02 Å². The largest absolute Gasteiger partial charge is 0.310 e. The summed E-state index contributed by atoms with van der Waals surface area (Å²) < 4.78 is 1.56. The van der Waals surface area contributed by atoms with Gasteiger partial charge in [0.25, 0.3) is 5.95 Å². The molecule has 0 aliphatic rings. The third-order valence-corrected chi connectivity index (χ3v) is 4.71. The minimum absolute atomic E-state index is 0.129. The lowest BCUT2D eigenvalue weighted by molar-refractivity contribution is -0.113. The molecule has 0 unspecified atom stereocenters. The summed E-state index contributed by atoms with van der Waals surface area (Å²) in [5.74, 6) is 1.14. The van der Waals surface area contributed by atoms with Crippen molar-refractivity contribution in [3.63, 3.8) is 0 Å². The highest BCUT2D eigenvalue weighted by Crippen LogP contribution is 2.21. The summed E-state index contributed by atoms with van der Waals surface area (Å²) in [5.41, 5.74) is 2.46. The Bertz CT molecular complexity index is 919. The summed E-state index contributed by atoms with van der Waals surface area (Å²) in [7, 11) is 0. The van der Waals surface area contributed by atoms with Gasteiger partial charge in [-0.25, -0.2) is 9.97 Å². The van der Waals surface area contributed by atoms with Gasteiger partial charge in [0, 0.05) is 27.4 Å². The van der Waals surface area contributed by atoms with Gasteiger partial charge in [0.05, 0.1) is 11.4 Å². The maximum Gasteiger partial charge on any atom is 0.252 e. The van der Waals surface area contributed by atoms with Crippen molar-refractivity contribution in [1.29, 1.82) is 0 Å². The van der Waals surface area contributed by atoms with Crippen molar-refractivity contribution >= 4 is 35.1 Å². The number of amides is 1. The van der Waals surface area contributed by atoms with Crippen LogP contribution in [0.4, 0.5) is 5.82 Å². The first kappa shape index (κ1) is 18.4. The molecule has 1 aromatic carbocycles. The second-order valence-electron chi connectivity index (χ2n) is 5.82. The van der Waals surface area contributed by atoms with Gasteiger partial charge >= 0.3 is 0 Å². The molecule has 0 aliphatic carbocycles.